The Morgan fingerprint density at radius 3 is 2.65 bits per heavy atom. The molecule has 4 nitrogen and oxygen atoms in total. The summed E-state index contributed by atoms with van der Waals surface area (Å²) in [5, 5.41) is 14.9. The first-order valence-electron chi connectivity index (χ1n) is 7.60. The van der Waals surface area contributed by atoms with E-state index in [0.717, 1.165) is 16.1 Å². The van der Waals surface area contributed by atoms with E-state index in [9.17, 15) is 4.79 Å². The van der Waals surface area contributed by atoms with Gasteiger partial charge in [-0.25, -0.2) is 4.79 Å². The number of urea groups is 1. The van der Waals surface area contributed by atoms with Gasteiger partial charge >= 0.3 is 6.03 Å². The molecule has 3 N–H and O–H groups in total. The Morgan fingerprint density at radius 2 is 1.96 bits per heavy atom. The number of hydrogen-bond donors (Lipinski definition) is 3. The second-order valence-corrected chi connectivity index (χ2v) is 6.04. The number of hydrogen-bond acceptors (Lipinski definition) is 3. The van der Waals surface area contributed by atoms with E-state index in [2.05, 4.69) is 10.6 Å². The number of carbonyl (C=O) groups is 1. The summed E-state index contributed by atoms with van der Waals surface area (Å²) in [6, 6.07) is 17.2. The molecule has 0 aliphatic carbocycles. The molecule has 2 amide bonds. The van der Waals surface area contributed by atoms with E-state index in [1.54, 1.807) is 11.8 Å². The van der Waals surface area contributed by atoms with Crippen LogP contribution in [0.15, 0.2) is 59.5 Å². The van der Waals surface area contributed by atoms with Gasteiger partial charge in [0, 0.05) is 17.2 Å². The second-order valence-electron chi connectivity index (χ2n) is 5.16. The normalized spacial score (nSPS) is 11.7. The van der Waals surface area contributed by atoms with Gasteiger partial charge in [0.1, 0.15) is 0 Å². The van der Waals surface area contributed by atoms with Gasteiger partial charge in [0.25, 0.3) is 0 Å². The maximum absolute atomic E-state index is 12.3. The summed E-state index contributed by atoms with van der Waals surface area (Å²) in [6.45, 7) is 0.113. The van der Waals surface area contributed by atoms with Crippen molar-refractivity contribution in [3.63, 3.8) is 0 Å². The van der Waals surface area contributed by atoms with E-state index in [-0.39, 0.29) is 18.7 Å². The Morgan fingerprint density at radius 1 is 1.17 bits per heavy atom. The number of thioether (sulfide) groups is 1. The molecule has 0 heterocycles. The van der Waals surface area contributed by atoms with Gasteiger partial charge in [-0.3, -0.25) is 0 Å². The Labute approximate surface area is 141 Å². The van der Waals surface area contributed by atoms with Gasteiger partial charge in [0.05, 0.1) is 6.04 Å². The molecule has 0 aromatic heterocycles. The van der Waals surface area contributed by atoms with Crippen molar-refractivity contribution in [2.24, 2.45) is 0 Å². The molecule has 0 saturated heterocycles. The Bertz CT molecular complexity index is 619. The lowest BCUT2D eigenvalue weighted by molar-refractivity contribution is 0.244. The fraction of sp³-hybridized carbons (Fsp3) is 0.278. The van der Waals surface area contributed by atoms with Crippen LogP contribution in [0.1, 0.15) is 24.4 Å². The highest BCUT2D eigenvalue weighted by atomic mass is 32.2. The monoisotopic (exact) mass is 330 g/mol. The summed E-state index contributed by atoms with van der Waals surface area (Å²) >= 11 is 1.63. The summed E-state index contributed by atoms with van der Waals surface area (Å²) in [6.07, 6.45) is 3.33. The van der Waals surface area contributed by atoms with E-state index < -0.39 is 0 Å². The van der Waals surface area contributed by atoms with E-state index >= 15 is 0 Å². The molecular weight excluding hydrogens is 308 g/mol. The summed E-state index contributed by atoms with van der Waals surface area (Å²) in [7, 11) is 0. The molecule has 122 valence electrons. The van der Waals surface area contributed by atoms with Gasteiger partial charge in [0.15, 0.2) is 0 Å². The topological polar surface area (TPSA) is 61.4 Å². The number of benzene rings is 2. The van der Waals surface area contributed by atoms with Crippen LogP contribution in [-0.4, -0.2) is 24.0 Å². The summed E-state index contributed by atoms with van der Waals surface area (Å²) in [4.78, 5) is 13.4. The molecular formula is C18H22N2O2S. The third-order valence-electron chi connectivity index (χ3n) is 3.49. The van der Waals surface area contributed by atoms with Crippen molar-refractivity contribution in [1.29, 1.82) is 0 Å². The average molecular weight is 330 g/mol. The number of amides is 2. The zero-order valence-electron chi connectivity index (χ0n) is 13.2. The maximum atomic E-state index is 12.3. The second kappa shape index (κ2) is 9.22. The van der Waals surface area contributed by atoms with Crippen molar-refractivity contribution in [2.75, 3.05) is 18.2 Å². The van der Waals surface area contributed by atoms with Crippen LogP contribution in [0, 0.1) is 0 Å². The lowest BCUT2D eigenvalue weighted by Gasteiger charge is -2.19. The highest BCUT2D eigenvalue weighted by molar-refractivity contribution is 7.98. The first-order chi connectivity index (χ1) is 11.2. The highest BCUT2D eigenvalue weighted by Crippen LogP contribution is 2.20. The van der Waals surface area contributed by atoms with Crippen LogP contribution < -0.4 is 10.6 Å². The van der Waals surface area contributed by atoms with E-state index in [1.165, 1.54) is 0 Å². The zero-order chi connectivity index (χ0) is 16.5. The Hall–Kier alpha value is -1.98. The van der Waals surface area contributed by atoms with Gasteiger partial charge in [-0.15, -0.1) is 11.8 Å². The van der Waals surface area contributed by atoms with Crippen molar-refractivity contribution in [3.05, 3.63) is 60.2 Å². The largest absolute Gasteiger partial charge is 0.396 e. The van der Waals surface area contributed by atoms with E-state index in [0.29, 0.717) is 12.8 Å². The molecule has 0 fully saturated rings. The van der Waals surface area contributed by atoms with Crippen LogP contribution in [0.5, 0.6) is 0 Å². The van der Waals surface area contributed by atoms with Crippen LogP contribution in [0.4, 0.5) is 10.5 Å². The van der Waals surface area contributed by atoms with Crippen molar-refractivity contribution in [1.82, 2.24) is 5.32 Å². The zero-order valence-corrected chi connectivity index (χ0v) is 14.0. The highest BCUT2D eigenvalue weighted by Gasteiger charge is 2.14. The number of nitrogens with one attached hydrogen (secondary N) is 2. The predicted octanol–water partition coefficient (Wildman–Crippen LogP) is 4.04. The molecule has 0 spiro atoms. The lowest BCUT2D eigenvalue weighted by Crippen LogP contribution is -2.32. The van der Waals surface area contributed by atoms with Crippen molar-refractivity contribution in [2.45, 2.75) is 23.8 Å². The first-order valence-corrected chi connectivity index (χ1v) is 8.83. The molecule has 2 rings (SSSR count). The molecule has 23 heavy (non-hydrogen) atoms. The van der Waals surface area contributed by atoms with Gasteiger partial charge < -0.3 is 15.7 Å². The molecule has 0 radical (unpaired) electrons. The van der Waals surface area contributed by atoms with Gasteiger partial charge in [-0.2, -0.15) is 0 Å². The molecule has 2 aromatic carbocycles. The van der Waals surface area contributed by atoms with Crippen LogP contribution in [0.3, 0.4) is 0 Å². The fourth-order valence-electron chi connectivity index (χ4n) is 2.33. The third kappa shape index (κ3) is 5.62. The van der Waals surface area contributed by atoms with Gasteiger partial charge in [-0.05, 0) is 42.9 Å². The first kappa shape index (κ1) is 17.4. The minimum atomic E-state index is -0.241. The molecule has 0 saturated carbocycles. The molecule has 1 unspecified atom stereocenters. The molecule has 5 heteroatoms. The van der Waals surface area contributed by atoms with E-state index in [1.807, 2.05) is 60.9 Å². The SMILES string of the molecule is CSc1cccc(NC(=O)NC(CCCO)c2ccccc2)c1. The molecule has 2 aromatic rings. The Kier molecular flexibility index (Phi) is 6.97. The van der Waals surface area contributed by atoms with Crippen LogP contribution in [0.25, 0.3) is 0 Å². The predicted molar refractivity (Wildman–Crippen MR) is 95.9 cm³/mol. The quantitative estimate of drug-likeness (QED) is 0.671. The third-order valence-corrected chi connectivity index (χ3v) is 4.21. The van der Waals surface area contributed by atoms with Crippen LogP contribution in [-0.2, 0) is 0 Å². The number of anilines is 1. The number of carbonyl (C=O) groups excluding carboxylic acids is 1. The van der Waals surface area contributed by atoms with Crippen molar-refractivity contribution >= 4 is 23.5 Å². The van der Waals surface area contributed by atoms with Crippen LogP contribution >= 0.6 is 11.8 Å². The minimum absolute atomic E-state index is 0.113. The minimum Gasteiger partial charge on any atom is -0.396 e. The number of aliphatic hydroxyl groups excluding tert-OH is 1. The molecule has 0 aliphatic heterocycles. The summed E-state index contributed by atoms with van der Waals surface area (Å²) in [5.74, 6) is 0. The summed E-state index contributed by atoms with van der Waals surface area (Å²) in [5.41, 5.74) is 1.80. The Balaban J connectivity index is 2.02. The summed E-state index contributed by atoms with van der Waals surface area (Å²) < 4.78 is 0. The smallest absolute Gasteiger partial charge is 0.319 e. The van der Waals surface area contributed by atoms with Crippen LogP contribution in [0.2, 0.25) is 0 Å². The van der Waals surface area contributed by atoms with Crippen molar-refractivity contribution < 1.29 is 9.90 Å². The molecule has 0 bridgehead atoms. The fourth-order valence-corrected chi connectivity index (χ4v) is 2.79. The average Bonchev–Trinajstić information content (AvgIpc) is 2.59. The molecule has 1 atom stereocenters. The van der Waals surface area contributed by atoms with Gasteiger partial charge in [-0.1, -0.05) is 36.4 Å². The standard InChI is InChI=1S/C18H22N2O2S/c1-23-16-10-5-9-15(13-16)19-18(22)20-17(11-6-12-21)14-7-3-2-4-8-14/h2-5,7-10,13,17,21H,6,11-12H2,1H3,(H2,19,20,22). The number of rotatable bonds is 7. The lowest BCUT2D eigenvalue weighted by atomic mass is 10.0. The number of aliphatic hydroxyl groups is 1. The van der Waals surface area contributed by atoms with E-state index in [4.69, 9.17) is 5.11 Å². The maximum Gasteiger partial charge on any atom is 0.319 e. The molecule has 0 aliphatic rings. The van der Waals surface area contributed by atoms with Crippen molar-refractivity contribution in [3.8, 4) is 0 Å². The van der Waals surface area contributed by atoms with Gasteiger partial charge in [0.2, 0.25) is 0 Å².